The summed E-state index contributed by atoms with van der Waals surface area (Å²) in [5.41, 5.74) is 6.39. The molecule has 0 amide bonds. The molecule has 84 valence electrons. The molecule has 6 nitrogen and oxygen atoms in total. The van der Waals surface area contributed by atoms with E-state index in [-0.39, 0.29) is 0 Å². The minimum atomic E-state index is 0.368. The molecule has 0 saturated carbocycles. The summed E-state index contributed by atoms with van der Waals surface area (Å²) in [4.78, 5) is 0. The lowest BCUT2D eigenvalue weighted by Crippen LogP contribution is -2.01. The average molecular weight is 219 g/mol. The highest BCUT2D eigenvalue weighted by atomic mass is 16.5. The first-order valence-electron chi connectivity index (χ1n) is 5.04. The topological polar surface area (TPSA) is 78.8 Å². The Morgan fingerprint density at radius 3 is 3.06 bits per heavy atom. The second-order valence-electron chi connectivity index (χ2n) is 3.20. The van der Waals surface area contributed by atoms with E-state index in [0.717, 1.165) is 12.1 Å². The standard InChI is InChI=1S/C10H13N5O/c1-2-15-7-9(6-13-15)16-10-8(5-11)3-4-12-14-10/h3-4,6-7H,2,5,11H2,1H3. The summed E-state index contributed by atoms with van der Waals surface area (Å²) in [7, 11) is 0. The summed E-state index contributed by atoms with van der Waals surface area (Å²) in [6, 6.07) is 1.78. The zero-order valence-corrected chi connectivity index (χ0v) is 9.00. The molecule has 2 aromatic heterocycles. The summed E-state index contributed by atoms with van der Waals surface area (Å²) in [6.45, 7) is 3.17. The number of rotatable bonds is 4. The fourth-order valence-corrected chi connectivity index (χ4v) is 1.27. The van der Waals surface area contributed by atoms with Crippen molar-refractivity contribution in [1.29, 1.82) is 0 Å². The van der Waals surface area contributed by atoms with Crippen molar-refractivity contribution in [1.82, 2.24) is 20.0 Å². The van der Waals surface area contributed by atoms with Crippen molar-refractivity contribution in [3.8, 4) is 11.6 Å². The smallest absolute Gasteiger partial charge is 0.243 e. The lowest BCUT2D eigenvalue weighted by molar-refractivity contribution is 0.447. The molecule has 0 atom stereocenters. The van der Waals surface area contributed by atoms with E-state index >= 15 is 0 Å². The van der Waals surface area contributed by atoms with Crippen molar-refractivity contribution < 1.29 is 4.74 Å². The normalized spacial score (nSPS) is 10.4. The van der Waals surface area contributed by atoms with Gasteiger partial charge in [-0.15, -0.1) is 5.10 Å². The third-order valence-electron chi connectivity index (χ3n) is 2.13. The van der Waals surface area contributed by atoms with E-state index in [1.807, 2.05) is 6.92 Å². The summed E-state index contributed by atoms with van der Waals surface area (Å²) in [5.74, 6) is 1.07. The van der Waals surface area contributed by atoms with Crippen molar-refractivity contribution in [2.75, 3.05) is 0 Å². The van der Waals surface area contributed by atoms with Crippen LogP contribution in [0.5, 0.6) is 11.6 Å². The second-order valence-corrected chi connectivity index (χ2v) is 3.20. The molecular formula is C10H13N5O. The van der Waals surface area contributed by atoms with Gasteiger partial charge in [0.15, 0.2) is 5.75 Å². The zero-order valence-electron chi connectivity index (χ0n) is 9.00. The third-order valence-corrected chi connectivity index (χ3v) is 2.13. The minimum Gasteiger partial charge on any atom is -0.434 e. The van der Waals surface area contributed by atoms with Crippen LogP contribution >= 0.6 is 0 Å². The summed E-state index contributed by atoms with van der Waals surface area (Å²) in [5, 5.41) is 11.7. The van der Waals surface area contributed by atoms with Gasteiger partial charge in [0.05, 0.1) is 18.6 Å². The van der Waals surface area contributed by atoms with Gasteiger partial charge in [0, 0.05) is 18.7 Å². The van der Waals surface area contributed by atoms with Gasteiger partial charge in [-0.1, -0.05) is 0 Å². The van der Waals surface area contributed by atoms with Gasteiger partial charge in [-0.2, -0.15) is 10.2 Å². The molecule has 0 radical (unpaired) electrons. The Morgan fingerprint density at radius 1 is 1.50 bits per heavy atom. The Hall–Kier alpha value is -1.95. The molecule has 0 spiro atoms. The van der Waals surface area contributed by atoms with Crippen LogP contribution in [0.3, 0.4) is 0 Å². The van der Waals surface area contributed by atoms with Crippen LogP contribution in [0, 0.1) is 0 Å². The SMILES string of the molecule is CCn1cc(Oc2nnccc2CN)cn1. The van der Waals surface area contributed by atoms with Crippen molar-refractivity contribution in [2.45, 2.75) is 20.0 Å². The zero-order chi connectivity index (χ0) is 11.4. The Kier molecular flexibility index (Phi) is 3.11. The van der Waals surface area contributed by atoms with E-state index in [2.05, 4.69) is 15.3 Å². The molecule has 2 rings (SSSR count). The Labute approximate surface area is 93.1 Å². The van der Waals surface area contributed by atoms with Crippen LogP contribution in [-0.2, 0) is 13.1 Å². The van der Waals surface area contributed by atoms with Gasteiger partial charge < -0.3 is 10.5 Å². The van der Waals surface area contributed by atoms with Crippen LogP contribution < -0.4 is 10.5 Å². The lowest BCUT2D eigenvalue weighted by Gasteiger charge is -2.04. The third kappa shape index (κ3) is 2.17. The van der Waals surface area contributed by atoms with Crippen molar-refractivity contribution in [3.63, 3.8) is 0 Å². The fraction of sp³-hybridized carbons (Fsp3) is 0.300. The maximum absolute atomic E-state index is 5.57. The van der Waals surface area contributed by atoms with Gasteiger partial charge in [0.2, 0.25) is 5.88 Å². The first-order chi connectivity index (χ1) is 7.83. The molecule has 0 aliphatic rings. The second kappa shape index (κ2) is 4.71. The van der Waals surface area contributed by atoms with Crippen LogP contribution in [0.15, 0.2) is 24.7 Å². The van der Waals surface area contributed by atoms with Crippen LogP contribution in [0.4, 0.5) is 0 Å². The molecule has 0 bridgehead atoms. The molecule has 2 N–H and O–H groups in total. The quantitative estimate of drug-likeness (QED) is 0.828. The largest absolute Gasteiger partial charge is 0.434 e. The highest BCUT2D eigenvalue weighted by Gasteiger charge is 2.06. The number of aryl methyl sites for hydroxylation is 1. The summed E-state index contributed by atoms with van der Waals surface area (Å²) in [6.07, 6.45) is 5.03. The van der Waals surface area contributed by atoms with Crippen molar-refractivity contribution >= 4 is 0 Å². The van der Waals surface area contributed by atoms with Gasteiger partial charge in [-0.05, 0) is 13.0 Å². The average Bonchev–Trinajstić information content (AvgIpc) is 2.77. The fourth-order valence-electron chi connectivity index (χ4n) is 1.27. The summed E-state index contributed by atoms with van der Waals surface area (Å²) >= 11 is 0. The van der Waals surface area contributed by atoms with E-state index in [1.54, 1.807) is 29.3 Å². The van der Waals surface area contributed by atoms with Gasteiger partial charge in [0.1, 0.15) is 0 Å². The number of nitrogens with zero attached hydrogens (tertiary/aromatic N) is 4. The highest BCUT2D eigenvalue weighted by molar-refractivity contribution is 5.28. The maximum atomic E-state index is 5.57. The van der Waals surface area contributed by atoms with E-state index in [0.29, 0.717) is 18.2 Å². The molecule has 0 aliphatic carbocycles. The molecule has 16 heavy (non-hydrogen) atoms. The van der Waals surface area contributed by atoms with Gasteiger partial charge in [0.25, 0.3) is 0 Å². The molecule has 0 aromatic carbocycles. The Bertz CT molecular complexity index is 468. The Morgan fingerprint density at radius 2 is 2.38 bits per heavy atom. The van der Waals surface area contributed by atoms with Gasteiger partial charge >= 0.3 is 0 Å². The maximum Gasteiger partial charge on any atom is 0.243 e. The molecule has 0 aliphatic heterocycles. The number of hydrogen-bond acceptors (Lipinski definition) is 5. The van der Waals surface area contributed by atoms with E-state index in [1.165, 1.54) is 0 Å². The van der Waals surface area contributed by atoms with E-state index in [9.17, 15) is 0 Å². The van der Waals surface area contributed by atoms with Crippen LogP contribution in [0.1, 0.15) is 12.5 Å². The monoisotopic (exact) mass is 219 g/mol. The molecule has 6 heteroatoms. The van der Waals surface area contributed by atoms with Gasteiger partial charge in [-0.3, -0.25) is 4.68 Å². The van der Waals surface area contributed by atoms with Gasteiger partial charge in [-0.25, -0.2) is 0 Å². The predicted octanol–water partition coefficient (Wildman–Crippen LogP) is 0.944. The molecule has 0 fully saturated rings. The predicted molar refractivity (Wildman–Crippen MR) is 57.9 cm³/mol. The molecular weight excluding hydrogens is 206 g/mol. The summed E-state index contributed by atoms with van der Waals surface area (Å²) < 4.78 is 7.32. The van der Waals surface area contributed by atoms with Crippen LogP contribution in [-0.4, -0.2) is 20.0 Å². The number of ether oxygens (including phenoxy) is 1. The lowest BCUT2D eigenvalue weighted by atomic mass is 10.3. The first-order valence-corrected chi connectivity index (χ1v) is 5.04. The van der Waals surface area contributed by atoms with Crippen LogP contribution in [0.25, 0.3) is 0 Å². The highest BCUT2D eigenvalue weighted by Crippen LogP contribution is 2.20. The van der Waals surface area contributed by atoms with Crippen molar-refractivity contribution in [3.05, 3.63) is 30.2 Å². The number of nitrogens with two attached hydrogens (primary N) is 1. The first kappa shape index (κ1) is 10.6. The van der Waals surface area contributed by atoms with E-state index in [4.69, 9.17) is 10.5 Å². The minimum absolute atomic E-state index is 0.368. The van der Waals surface area contributed by atoms with Crippen LogP contribution in [0.2, 0.25) is 0 Å². The van der Waals surface area contributed by atoms with Crippen molar-refractivity contribution in [2.24, 2.45) is 5.73 Å². The molecule has 0 saturated heterocycles. The molecule has 2 aromatic rings. The Balaban J connectivity index is 2.19. The number of aromatic nitrogens is 4. The molecule has 2 heterocycles. The van der Waals surface area contributed by atoms with E-state index < -0.39 is 0 Å². The molecule has 0 unspecified atom stereocenters. The number of hydrogen-bond donors (Lipinski definition) is 1.